The van der Waals surface area contributed by atoms with Gasteiger partial charge in [0.25, 0.3) is 5.56 Å². The normalized spacial score (nSPS) is 19.8. The van der Waals surface area contributed by atoms with Crippen LogP contribution in [0.4, 0.5) is 0 Å². The van der Waals surface area contributed by atoms with Crippen molar-refractivity contribution in [2.75, 3.05) is 7.11 Å². The van der Waals surface area contributed by atoms with Gasteiger partial charge in [0.05, 0.1) is 19.3 Å². The van der Waals surface area contributed by atoms with E-state index in [4.69, 9.17) is 4.74 Å². The molecule has 1 aliphatic carbocycles. The Bertz CT molecular complexity index is 899. The second-order valence-corrected chi connectivity index (χ2v) is 6.62. The minimum atomic E-state index is -0.548. The van der Waals surface area contributed by atoms with Crippen molar-refractivity contribution in [3.8, 4) is 5.88 Å². The van der Waals surface area contributed by atoms with E-state index in [9.17, 15) is 19.5 Å². The van der Waals surface area contributed by atoms with Crippen LogP contribution in [0.5, 0.6) is 5.88 Å². The Morgan fingerprint density at radius 3 is 2.78 bits per heavy atom. The van der Waals surface area contributed by atoms with Gasteiger partial charge in [-0.05, 0) is 24.3 Å². The zero-order valence-electron chi connectivity index (χ0n) is 14.9. The summed E-state index contributed by atoms with van der Waals surface area (Å²) in [4.78, 5) is 41.5. The first-order valence-electron chi connectivity index (χ1n) is 8.73. The summed E-state index contributed by atoms with van der Waals surface area (Å²) in [7, 11) is 1.53. The van der Waals surface area contributed by atoms with E-state index in [0.29, 0.717) is 18.7 Å². The number of aromatic amines is 1. The Balaban J connectivity index is 1.66. The van der Waals surface area contributed by atoms with Gasteiger partial charge in [-0.25, -0.2) is 9.78 Å². The third kappa shape index (κ3) is 4.62. The highest BCUT2D eigenvalue weighted by atomic mass is 16.5. The number of carbonyl (C=O) groups is 1. The van der Waals surface area contributed by atoms with Crippen molar-refractivity contribution in [1.29, 1.82) is 0 Å². The van der Waals surface area contributed by atoms with E-state index in [0.717, 1.165) is 5.56 Å². The zero-order chi connectivity index (χ0) is 19.4. The topological polar surface area (TPSA) is 126 Å². The molecular weight excluding hydrogens is 352 g/mol. The van der Waals surface area contributed by atoms with Gasteiger partial charge in [0.2, 0.25) is 11.8 Å². The first-order chi connectivity index (χ1) is 13.0. The smallest absolute Gasteiger partial charge is 0.328 e. The Hall–Kier alpha value is -2.94. The number of nitrogens with one attached hydrogen (secondary N) is 2. The maximum Gasteiger partial charge on any atom is 0.328 e. The lowest BCUT2D eigenvalue weighted by Gasteiger charge is -2.38. The highest BCUT2D eigenvalue weighted by Gasteiger charge is 2.35. The minimum absolute atomic E-state index is 0.0846. The summed E-state index contributed by atoms with van der Waals surface area (Å²) in [6.45, 7) is 0.155. The summed E-state index contributed by atoms with van der Waals surface area (Å²) < 4.78 is 6.33. The summed E-state index contributed by atoms with van der Waals surface area (Å²) in [6.07, 6.45) is 3.97. The summed E-state index contributed by atoms with van der Waals surface area (Å²) in [5.41, 5.74) is -0.188. The molecule has 9 nitrogen and oxygen atoms in total. The van der Waals surface area contributed by atoms with Crippen LogP contribution in [0.15, 0.2) is 40.2 Å². The van der Waals surface area contributed by atoms with Gasteiger partial charge in [-0.3, -0.25) is 14.6 Å². The van der Waals surface area contributed by atoms with Crippen molar-refractivity contribution in [1.82, 2.24) is 19.9 Å². The number of methoxy groups -OCH3 is 1. The number of amides is 1. The number of aliphatic hydroxyl groups is 1. The van der Waals surface area contributed by atoms with E-state index in [-0.39, 0.29) is 36.9 Å². The lowest BCUT2D eigenvalue weighted by Crippen LogP contribution is -2.42. The van der Waals surface area contributed by atoms with Crippen molar-refractivity contribution in [3.05, 3.63) is 57.0 Å². The predicted molar refractivity (Wildman–Crippen MR) is 96.3 cm³/mol. The van der Waals surface area contributed by atoms with Gasteiger partial charge >= 0.3 is 5.69 Å². The van der Waals surface area contributed by atoms with Gasteiger partial charge in [-0.1, -0.05) is 6.07 Å². The first kappa shape index (κ1) is 18.8. The molecule has 0 bridgehead atoms. The molecule has 1 amide bonds. The van der Waals surface area contributed by atoms with Crippen molar-refractivity contribution >= 4 is 5.91 Å². The molecule has 2 heterocycles. The maximum atomic E-state index is 12.4. The molecule has 1 saturated carbocycles. The van der Waals surface area contributed by atoms with E-state index in [2.05, 4.69) is 15.3 Å². The van der Waals surface area contributed by atoms with Crippen molar-refractivity contribution in [3.63, 3.8) is 0 Å². The molecule has 1 aliphatic rings. The van der Waals surface area contributed by atoms with E-state index < -0.39 is 11.2 Å². The van der Waals surface area contributed by atoms with Crippen molar-refractivity contribution in [2.45, 2.75) is 38.0 Å². The lowest BCUT2D eigenvalue weighted by atomic mass is 9.75. The van der Waals surface area contributed by atoms with Crippen LogP contribution >= 0.6 is 0 Å². The second kappa shape index (κ2) is 8.17. The molecule has 2 aromatic heterocycles. The van der Waals surface area contributed by atoms with E-state index in [1.54, 1.807) is 12.3 Å². The van der Waals surface area contributed by atoms with Crippen molar-refractivity contribution < 1.29 is 14.6 Å². The third-order valence-electron chi connectivity index (χ3n) is 4.74. The number of hydrogen-bond acceptors (Lipinski definition) is 6. The van der Waals surface area contributed by atoms with Crippen LogP contribution in [-0.2, 0) is 11.3 Å². The van der Waals surface area contributed by atoms with Crippen LogP contribution in [0.1, 0.15) is 30.9 Å². The summed E-state index contributed by atoms with van der Waals surface area (Å²) in [5.74, 6) is 0.375. The van der Waals surface area contributed by atoms with E-state index >= 15 is 0 Å². The molecule has 2 aromatic rings. The molecule has 0 radical (unpaired) electrons. The Morgan fingerprint density at radius 1 is 1.41 bits per heavy atom. The fourth-order valence-corrected chi connectivity index (χ4v) is 3.16. The molecule has 3 rings (SSSR count). The van der Waals surface area contributed by atoms with Crippen LogP contribution in [0, 0.1) is 5.92 Å². The molecule has 0 unspecified atom stereocenters. The quantitative estimate of drug-likeness (QED) is 0.624. The van der Waals surface area contributed by atoms with Crippen LogP contribution in [0.3, 0.4) is 0 Å². The van der Waals surface area contributed by atoms with Crippen molar-refractivity contribution in [2.24, 2.45) is 5.92 Å². The number of ether oxygens (including phenoxy) is 1. The molecule has 0 aromatic carbocycles. The average molecular weight is 374 g/mol. The second-order valence-electron chi connectivity index (χ2n) is 6.62. The molecule has 0 spiro atoms. The Labute approximate surface area is 155 Å². The zero-order valence-corrected chi connectivity index (χ0v) is 14.9. The molecule has 1 atom stereocenters. The molecule has 144 valence electrons. The highest BCUT2D eigenvalue weighted by molar-refractivity contribution is 5.76. The number of rotatable bonds is 7. The minimum Gasteiger partial charge on any atom is -0.481 e. The number of nitrogens with zero attached hydrogens (tertiary/aromatic N) is 2. The molecular formula is C18H22N4O5. The van der Waals surface area contributed by atoms with Crippen LogP contribution in [0.25, 0.3) is 0 Å². The monoisotopic (exact) mass is 374 g/mol. The third-order valence-corrected chi connectivity index (χ3v) is 4.74. The number of carbonyl (C=O) groups excluding carboxylic acids is 1. The van der Waals surface area contributed by atoms with E-state index in [1.807, 2.05) is 6.07 Å². The molecule has 3 N–H and O–H groups in total. The fourth-order valence-electron chi connectivity index (χ4n) is 3.16. The highest BCUT2D eigenvalue weighted by Crippen LogP contribution is 2.38. The Kier molecular flexibility index (Phi) is 5.70. The fraction of sp³-hybridized carbons (Fsp3) is 0.444. The molecule has 27 heavy (non-hydrogen) atoms. The lowest BCUT2D eigenvalue weighted by molar-refractivity contribution is -0.123. The predicted octanol–water partition coefficient (Wildman–Crippen LogP) is -0.0413. The number of aryl methyl sites for hydroxylation is 1. The average Bonchev–Trinajstić information content (AvgIpc) is 2.63. The molecule has 0 aliphatic heterocycles. The van der Waals surface area contributed by atoms with Crippen LogP contribution in [0.2, 0.25) is 0 Å². The maximum absolute atomic E-state index is 12.4. The van der Waals surface area contributed by atoms with E-state index in [1.165, 1.54) is 23.9 Å². The summed E-state index contributed by atoms with van der Waals surface area (Å²) in [6, 6.07) is 4.53. The largest absolute Gasteiger partial charge is 0.481 e. The summed E-state index contributed by atoms with van der Waals surface area (Å²) in [5, 5.41) is 12.6. The van der Waals surface area contributed by atoms with Gasteiger partial charge in [-0.2, -0.15) is 0 Å². The number of pyridine rings is 1. The Morgan fingerprint density at radius 2 is 2.19 bits per heavy atom. The van der Waals surface area contributed by atoms with Gasteiger partial charge < -0.3 is 19.7 Å². The van der Waals surface area contributed by atoms with Crippen LogP contribution < -0.4 is 21.3 Å². The van der Waals surface area contributed by atoms with Crippen LogP contribution in [-0.4, -0.2) is 38.8 Å². The number of aliphatic hydroxyl groups excluding tert-OH is 1. The van der Waals surface area contributed by atoms with Gasteiger partial charge in [0.1, 0.15) is 0 Å². The molecule has 9 heteroatoms. The standard InChI is InChI=1S/C18H22N4O5/c1-27-16-3-2-11(10-19-16)17(12-8-13(23)9-12)20-14(24)4-6-22-7-5-15(25)21-18(22)26/h2-3,5,7,10,12-13,17,23H,4,6,8-9H2,1H3,(H,20,24)(H,21,25,26)/t12?,13?,17-/m1/s1. The SMILES string of the molecule is COc1ccc([C@@H](NC(=O)CCn2ccc(=O)[nH]c2=O)C2CC(O)C2)cn1. The number of aromatic nitrogens is 3. The first-order valence-corrected chi connectivity index (χ1v) is 8.73. The molecule has 0 saturated heterocycles. The molecule has 1 fully saturated rings. The van der Waals surface area contributed by atoms with Gasteiger partial charge in [0.15, 0.2) is 0 Å². The van der Waals surface area contributed by atoms with Gasteiger partial charge in [0, 0.05) is 37.5 Å². The van der Waals surface area contributed by atoms with Gasteiger partial charge in [-0.15, -0.1) is 0 Å². The summed E-state index contributed by atoms with van der Waals surface area (Å²) >= 11 is 0. The number of hydrogen-bond donors (Lipinski definition) is 3. The number of H-pyrrole nitrogens is 1.